The summed E-state index contributed by atoms with van der Waals surface area (Å²) in [7, 11) is 0. The molecule has 0 N–H and O–H groups in total. The average Bonchev–Trinajstić information content (AvgIpc) is 3.27. The lowest BCUT2D eigenvalue weighted by atomic mass is 9.89. The molecule has 1 amide bonds. The molecule has 0 radical (unpaired) electrons. The van der Waals surface area contributed by atoms with E-state index in [1.165, 1.54) is 18.4 Å². The average molecular weight is 320 g/mol. The topological polar surface area (TPSA) is 32.8 Å². The molecule has 0 spiro atoms. The van der Waals surface area contributed by atoms with Crippen LogP contribution in [0.15, 0.2) is 16.8 Å². The first kappa shape index (κ1) is 14.7. The summed E-state index contributed by atoms with van der Waals surface area (Å²) < 4.78 is 5.94. The van der Waals surface area contributed by atoms with Crippen LogP contribution >= 0.6 is 11.3 Å². The summed E-state index contributed by atoms with van der Waals surface area (Å²) in [6.07, 6.45) is 4.61. The van der Waals surface area contributed by atoms with Gasteiger partial charge in [-0.15, -0.1) is 0 Å². The summed E-state index contributed by atoms with van der Waals surface area (Å²) in [4.78, 5) is 17.4. The van der Waals surface area contributed by atoms with Crippen molar-refractivity contribution in [1.29, 1.82) is 0 Å². The fraction of sp³-hybridized carbons (Fsp3) is 0.706. The highest BCUT2D eigenvalue weighted by molar-refractivity contribution is 7.07. The number of piperidine rings is 1. The van der Waals surface area contributed by atoms with Crippen LogP contribution in [0.4, 0.5) is 0 Å². The van der Waals surface area contributed by atoms with Gasteiger partial charge in [0.05, 0.1) is 12.0 Å². The molecule has 4 nitrogen and oxygen atoms in total. The van der Waals surface area contributed by atoms with E-state index in [4.69, 9.17) is 4.74 Å². The van der Waals surface area contributed by atoms with Gasteiger partial charge in [0, 0.05) is 38.8 Å². The van der Waals surface area contributed by atoms with Gasteiger partial charge in [0.2, 0.25) is 5.91 Å². The number of amides is 1. The number of thiophene rings is 1. The smallest absolute Gasteiger partial charge is 0.227 e. The molecular weight excluding hydrogens is 296 g/mol. The van der Waals surface area contributed by atoms with E-state index in [0.29, 0.717) is 11.9 Å². The lowest BCUT2D eigenvalue weighted by Gasteiger charge is -2.41. The Morgan fingerprint density at radius 1 is 1.36 bits per heavy atom. The van der Waals surface area contributed by atoms with Crippen LogP contribution in [-0.2, 0) is 16.1 Å². The summed E-state index contributed by atoms with van der Waals surface area (Å²) in [5.74, 6) is 0.484. The molecule has 120 valence electrons. The highest BCUT2D eigenvalue weighted by Gasteiger charge is 2.43. The zero-order chi connectivity index (χ0) is 14.9. The summed E-state index contributed by atoms with van der Waals surface area (Å²) in [5.41, 5.74) is 1.37. The maximum absolute atomic E-state index is 12.8. The number of rotatable bonds is 3. The Balaban J connectivity index is 1.48. The fourth-order valence-corrected chi connectivity index (χ4v) is 4.89. The fourth-order valence-electron chi connectivity index (χ4n) is 4.23. The van der Waals surface area contributed by atoms with Gasteiger partial charge in [0.1, 0.15) is 0 Å². The van der Waals surface area contributed by atoms with E-state index in [1.807, 2.05) is 0 Å². The molecule has 0 aromatic carbocycles. The molecular formula is C17H24N2O2S. The second kappa shape index (κ2) is 6.30. The Hall–Kier alpha value is -0.910. The van der Waals surface area contributed by atoms with Crippen LogP contribution in [0.25, 0.3) is 0 Å². The Labute approximate surface area is 136 Å². The Morgan fingerprint density at radius 2 is 2.23 bits per heavy atom. The molecule has 1 aromatic heterocycles. The maximum Gasteiger partial charge on any atom is 0.227 e. The first-order valence-electron chi connectivity index (χ1n) is 8.47. The predicted molar refractivity (Wildman–Crippen MR) is 86.8 cm³/mol. The molecule has 5 heteroatoms. The van der Waals surface area contributed by atoms with E-state index in [9.17, 15) is 4.79 Å². The molecule has 22 heavy (non-hydrogen) atoms. The molecule has 0 unspecified atom stereocenters. The number of fused-ring (bicyclic) bond motifs is 1. The van der Waals surface area contributed by atoms with E-state index < -0.39 is 0 Å². The second-order valence-corrected chi connectivity index (χ2v) is 7.57. The van der Waals surface area contributed by atoms with Gasteiger partial charge >= 0.3 is 0 Å². The number of nitrogens with zero attached hydrogens (tertiary/aromatic N) is 2. The van der Waals surface area contributed by atoms with Crippen molar-refractivity contribution in [2.75, 3.05) is 26.2 Å². The predicted octanol–water partition coefficient (Wildman–Crippen LogP) is 2.35. The molecule has 4 heterocycles. The van der Waals surface area contributed by atoms with Crippen LogP contribution in [0.3, 0.4) is 0 Å². The first-order valence-corrected chi connectivity index (χ1v) is 9.41. The van der Waals surface area contributed by atoms with Crippen molar-refractivity contribution in [3.8, 4) is 0 Å². The minimum absolute atomic E-state index is 0.121. The van der Waals surface area contributed by atoms with Crippen LogP contribution in [0.1, 0.15) is 31.2 Å². The normalized spacial score (nSPS) is 32.4. The molecule has 3 atom stereocenters. The van der Waals surface area contributed by atoms with Gasteiger partial charge in [-0.25, -0.2) is 0 Å². The summed E-state index contributed by atoms with van der Waals surface area (Å²) in [5, 5.41) is 4.35. The highest BCUT2D eigenvalue weighted by atomic mass is 32.1. The maximum atomic E-state index is 12.8. The summed E-state index contributed by atoms with van der Waals surface area (Å²) >= 11 is 1.75. The SMILES string of the molecule is O=C([C@@H]1C[C@@H]2OCC[C@@H]2N(Cc2ccsc2)C1)N1CCCC1. The molecule has 3 aliphatic heterocycles. The molecule has 1 aromatic rings. The molecule has 4 rings (SSSR count). The lowest BCUT2D eigenvalue weighted by Crippen LogP contribution is -2.52. The van der Waals surface area contributed by atoms with Crippen LogP contribution in [0.2, 0.25) is 0 Å². The van der Waals surface area contributed by atoms with Crippen LogP contribution in [0, 0.1) is 5.92 Å². The second-order valence-electron chi connectivity index (χ2n) is 6.79. The minimum Gasteiger partial charge on any atom is -0.377 e. The monoisotopic (exact) mass is 320 g/mol. The molecule has 0 saturated carbocycles. The Morgan fingerprint density at radius 3 is 3.00 bits per heavy atom. The van der Waals surface area contributed by atoms with Gasteiger partial charge in [-0.2, -0.15) is 11.3 Å². The third-order valence-electron chi connectivity index (χ3n) is 5.35. The number of carbonyl (C=O) groups excluding carboxylic acids is 1. The van der Waals surface area contributed by atoms with Gasteiger partial charge in [0.15, 0.2) is 0 Å². The molecule has 3 aliphatic rings. The third kappa shape index (κ3) is 2.82. The molecule has 3 fully saturated rings. The van der Waals surface area contributed by atoms with E-state index in [0.717, 1.165) is 45.6 Å². The molecule has 3 saturated heterocycles. The Kier molecular flexibility index (Phi) is 4.20. The highest BCUT2D eigenvalue weighted by Crippen LogP contribution is 2.33. The Bertz CT molecular complexity index is 513. The quantitative estimate of drug-likeness (QED) is 0.857. The van der Waals surface area contributed by atoms with E-state index >= 15 is 0 Å². The van der Waals surface area contributed by atoms with Crippen LogP contribution in [-0.4, -0.2) is 54.1 Å². The summed E-state index contributed by atoms with van der Waals surface area (Å²) in [6, 6.07) is 2.70. The van der Waals surface area contributed by atoms with Gasteiger partial charge in [0.25, 0.3) is 0 Å². The van der Waals surface area contributed by atoms with Gasteiger partial charge in [-0.1, -0.05) is 0 Å². The minimum atomic E-state index is 0.121. The van der Waals surface area contributed by atoms with Crippen molar-refractivity contribution in [2.45, 2.75) is 44.4 Å². The number of ether oxygens (including phenoxy) is 1. The van der Waals surface area contributed by atoms with Crippen molar-refractivity contribution in [1.82, 2.24) is 9.80 Å². The van der Waals surface area contributed by atoms with E-state index in [-0.39, 0.29) is 12.0 Å². The third-order valence-corrected chi connectivity index (χ3v) is 6.08. The zero-order valence-corrected chi connectivity index (χ0v) is 13.8. The van der Waals surface area contributed by atoms with E-state index in [2.05, 4.69) is 26.6 Å². The largest absolute Gasteiger partial charge is 0.377 e. The zero-order valence-electron chi connectivity index (χ0n) is 12.9. The van der Waals surface area contributed by atoms with Gasteiger partial charge in [-0.05, 0) is 48.1 Å². The van der Waals surface area contributed by atoms with Crippen molar-refractivity contribution in [3.63, 3.8) is 0 Å². The van der Waals surface area contributed by atoms with Crippen molar-refractivity contribution in [3.05, 3.63) is 22.4 Å². The van der Waals surface area contributed by atoms with Crippen LogP contribution < -0.4 is 0 Å². The lowest BCUT2D eigenvalue weighted by molar-refractivity contribution is -0.139. The number of likely N-dealkylation sites (tertiary alicyclic amines) is 2. The van der Waals surface area contributed by atoms with Crippen molar-refractivity contribution < 1.29 is 9.53 Å². The number of hydrogen-bond acceptors (Lipinski definition) is 4. The van der Waals surface area contributed by atoms with Crippen LogP contribution in [0.5, 0.6) is 0 Å². The number of carbonyl (C=O) groups is 1. The van der Waals surface area contributed by atoms with Gasteiger partial charge < -0.3 is 9.64 Å². The first-order chi connectivity index (χ1) is 10.8. The van der Waals surface area contributed by atoms with E-state index in [1.54, 1.807) is 11.3 Å². The molecule has 0 aliphatic carbocycles. The van der Waals surface area contributed by atoms with Gasteiger partial charge in [-0.3, -0.25) is 9.69 Å². The van der Waals surface area contributed by atoms with Crippen molar-refractivity contribution >= 4 is 17.2 Å². The molecule has 0 bridgehead atoms. The number of hydrogen-bond donors (Lipinski definition) is 0. The van der Waals surface area contributed by atoms with Crippen molar-refractivity contribution in [2.24, 2.45) is 5.92 Å². The summed E-state index contributed by atoms with van der Waals surface area (Å²) in [6.45, 7) is 4.61. The standard InChI is InChI=1S/C17H24N2O2S/c20-17(18-5-1-2-6-18)14-9-16-15(3-7-21-16)19(11-14)10-13-4-8-22-12-13/h4,8,12,14-16H,1-3,5-7,9-11H2/t14-,15+,16+/m1/s1.